The molecule has 0 fully saturated rings. The number of hydrogen-bond donors (Lipinski definition) is 2. The van der Waals surface area contributed by atoms with Crippen molar-refractivity contribution >= 4 is 33.1 Å². The molecule has 108 valence electrons. The van der Waals surface area contributed by atoms with Gasteiger partial charge in [0.1, 0.15) is 16.5 Å². The predicted octanol–water partition coefficient (Wildman–Crippen LogP) is 2.95. The van der Waals surface area contributed by atoms with Crippen molar-refractivity contribution in [1.82, 2.24) is 14.4 Å². The molecule has 3 aromatic heterocycles. The highest BCUT2D eigenvalue weighted by Crippen LogP contribution is 2.30. The van der Waals surface area contributed by atoms with Crippen molar-refractivity contribution in [3.63, 3.8) is 0 Å². The fourth-order valence-corrected chi connectivity index (χ4v) is 3.59. The van der Waals surface area contributed by atoms with E-state index in [4.69, 9.17) is 5.11 Å². The van der Waals surface area contributed by atoms with Crippen LogP contribution in [0.4, 0.5) is 5.82 Å². The van der Waals surface area contributed by atoms with Crippen LogP contribution in [0.5, 0.6) is 0 Å². The quantitative estimate of drug-likeness (QED) is 0.574. The Morgan fingerprint density at radius 3 is 3.10 bits per heavy atom. The number of aryl methyl sites for hydroxylation is 2. The van der Waals surface area contributed by atoms with Crippen LogP contribution in [-0.4, -0.2) is 26.5 Å². The van der Waals surface area contributed by atoms with Crippen molar-refractivity contribution in [3.05, 3.63) is 22.8 Å². The lowest BCUT2D eigenvalue weighted by molar-refractivity contribution is 0.516. The number of fused-ring (bicyclic) bond motifs is 3. The molecule has 0 atom stereocenters. The number of unbranched alkanes of at least 4 members (excludes halogenated alkanes) is 1. The monoisotopic (exact) mass is 300 g/mol. The zero-order valence-corrected chi connectivity index (χ0v) is 12.8. The fraction of sp³-hybridized carbons (Fsp3) is 0.333. The normalized spacial score (nSPS) is 10.8. The summed E-state index contributed by atoms with van der Waals surface area (Å²) in [6.07, 6.45) is 6.40. The van der Waals surface area contributed by atoms with E-state index in [2.05, 4.69) is 38.6 Å². The lowest BCUT2D eigenvalue weighted by atomic mass is 10.2. The summed E-state index contributed by atoms with van der Waals surface area (Å²) in [5.41, 5.74) is 2.96. The third-order valence-corrected chi connectivity index (χ3v) is 4.54. The molecule has 6 heteroatoms. The summed E-state index contributed by atoms with van der Waals surface area (Å²) in [6, 6.07) is 2.13. The van der Waals surface area contributed by atoms with Gasteiger partial charge in [-0.25, -0.2) is 9.97 Å². The first-order chi connectivity index (χ1) is 10.2. The fourth-order valence-electron chi connectivity index (χ4n) is 2.39. The summed E-state index contributed by atoms with van der Waals surface area (Å²) in [5.74, 6) is 3.47. The second-order valence-corrected chi connectivity index (χ2v) is 5.93. The van der Waals surface area contributed by atoms with Crippen LogP contribution in [0.3, 0.4) is 0 Å². The van der Waals surface area contributed by atoms with E-state index in [9.17, 15) is 0 Å². The van der Waals surface area contributed by atoms with Gasteiger partial charge >= 0.3 is 0 Å². The van der Waals surface area contributed by atoms with Gasteiger partial charge in [0, 0.05) is 30.2 Å². The molecule has 5 nitrogen and oxygen atoms in total. The van der Waals surface area contributed by atoms with Crippen molar-refractivity contribution in [1.29, 1.82) is 0 Å². The predicted molar refractivity (Wildman–Crippen MR) is 85.3 cm³/mol. The molecule has 0 saturated carbocycles. The van der Waals surface area contributed by atoms with E-state index in [1.165, 1.54) is 4.88 Å². The highest BCUT2D eigenvalue weighted by Gasteiger charge is 2.13. The van der Waals surface area contributed by atoms with E-state index in [1.807, 2.05) is 19.4 Å². The summed E-state index contributed by atoms with van der Waals surface area (Å²) < 4.78 is 2.15. The van der Waals surface area contributed by atoms with Crippen LogP contribution in [0.2, 0.25) is 0 Å². The number of aliphatic hydroxyl groups excluding tert-OH is 1. The van der Waals surface area contributed by atoms with Crippen molar-refractivity contribution in [3.8, 4) is 12.0 Å². The Hall–Kier alpha value is -2.26. The highest BCUT2D eigenvalue weighted by atomic mass is 32.1. The molecule has 21 heavy (non-hydrogen) atoms. The van der Waals surface area contributed by atoms with Gasteiger partial charge < -0.3 is 10.4 Å². The zero-order valence-electron chi connectivity index (χ0n) is 12.0. The van der Waals surface area contributed by atoms with Gasteiger partial charge in [0.25, 0.3) is 0 Å². The van der Waals surface area contributed by atoms with E-state index < -0.39 is 0 Å². The van der Waals surface area contributed by atoms with Crippen molar-refractivity contribution in [2.75, 3.05) is 12.4 Å². The second kappa shape index (κ2) is 5.62. The third-order valence-electron chi connectivity index (χ3n) is 3.37. The molecule has 0 aliphatic rings. The summed E-state index contributed by atoms with van der Waals surface area (Å²) in [6.45, 7) is 2.05. The molecule has 0 aliphatic heterocycles. The number of nitrogens with one attached hydrogen (secondary N) is 1. The van der Waals surface area contributed by atoms with Gasteiger partial charge in [-0.1, -0.05) is 5.92 Å². The summed E-state index contributed by atoms with van der Waals surface area (Å²) >= 11 is 1.74. The first-order valence-electron chi connectivity index (χ1n) is 6.80. The maximum atomic E-state index is 8.47. The Bertz CT molecular complexity index is 853. The largest absolute Gasteiger partial charge is 0.462 e. The van der Waals surface area contributed by atoms with Gasteiger partial charge in [0.2, 0.25) is 0 Å². The number of hydrogen-bond acceptors (Lipinski definition) is 5. The van der Waals surface area contributed by atoms with E-state index in [0.29, 0.717) is 6.42 Å². The van der Waals surface area contributed by atoms with Gasteiger partial charge in [-0.05, 0) is 25.8 Å². The highest BCUT2D eigenvalue weighted by molar-refractivity contribution is 7.18. The molecule has 2 N–H and O–H groups in total. The molecule has 0 amide bonds. The molecular weight excluding hydrogens is 284 g/mol. The van der Waals surface area contributed by atoms with E-state index in [1.54, 1.807) is 11.3 Å². The molecule has 3 rings (SSSR count). The van der Waals surface area contributed by atoms with Crippen molar-refractivity contribution in [2.24, 2.45) is 0 Å². The van der Waals surface area contributed by atoms with Gasteiger partial charge in [-0.2, -0.15) is 0 Å². The molecule has 0 aromatic carbocycles. The maximum absolute atomic E-state index is 8.47. The van der Waals surface area contributed by atoms with Crippen molar-refractivity contribution in [2.45, 2.75) is 26.2 Å². The van der Waals surface area contributed by atoms with Crippen LogP contribution in [-0.2, 0) is 6.42 Å². The Morgan fingerprint density at radius 2 is 2.33 bits per heavy atom. The number of imidazole rings is 1. The minimum Gasteiger partial charge on any atom is -0.462 e. The van der Waals surface area contributed by atoms with Crippen LogP contribution < -0.4 is 5.32 Å². The SMILES string of the molecule is CNc1nc2cc(CCCC#CO)sc2n2c(C)cnc12. The zero-order chi connectivity index (χ0) is 14.8. The number of aliphatic hydroxyl groups is 1. The van der Waals surface area contributed by atoms with Gasteiger partial charge in [0.15, 0.2) is 11.5 Å². The molecule has 0 radical (unpaired) electrons. The molecule has 0 aliphatic carbocycles. The maximum Gasteiger partial charge on any atom is 0.181 e. The second-order valence-electron chi connectivity index (χ2n) is 4.81. The average Bonchev–Trinajstić information content (AvgIpc) is 3.06. The first-order valence-corrected chi connectivity index (χ1v) is 7.62. The number of anilines is 1. The molecule has 0 spiro atoms. The molecule has 0 bridgehead atoms. The number of thiophene rings is 1. The Kier molecular flexibility index (Phi) is 3.67. The van der Waals surface area contributed by atoms with Crippen LogP contribution in [0.25, 0.3) is 16.0 Å². The van der Waals surface area contributed by atoms with Gasteiger partial charge in [-0.3, -0.25) is 4.40 Å². The lowest BCUT2D eigenvalue weighted by Gasteiger charge is -2.04. The van der Waals surface area contributed by atoms with E-state index in [-0.39, 0.29) is 0 Å². The number of aromatic nitrogens is 3. The lowest BCUT2D eigenvalue weighted by Crippen LogP contribution is -1.98. The number of rotatable bonds is 4. The summed E-state index contributed by atoms with van der Waals surface area (Å²) in [7, 11) is 1.86. The van der Waals surface area contributed by atoms with Crippen LogP contribution in [0, 0.1) is 19.0 Å². The Balaban J connectivity index is 2.05. The van der Waals surface area contributed by atoms with Crippen LogP contribution in [0.15, 0.2) is 12.3 Å². The van der Waals surface area contributed by atoms with Crippen LogP contribution >= 0.6 is 11.3 Å². The van der Waals surface area contributed by atoms with E-state index >= 15 is 0 Å². The minimum absolute atomic E-state index is 0.708. The first kappa shape index (κ1) is 13.7. The Morgan fingerprint density at radius 1 is 1.48 bits per heavy atom. The summed E-state index contributed by atoms with van der Waals surface area (Å²) in [5, 5.41) is 11.6. The molecule has 0 unspecified atom stereocenters. The smallest absolute Gasteiger partial charge is 0.181 e. The van der Waals surface area contributed by atoms with Gasteiger partial charge in [0.05, 0.1) is 0 Å². The van der Waals surface area contributed by atoms with E-state index in [0.717, 1.165) is 40.3 Å². The number of nitrogens with zero attached hydrogens (tertiary/aromatic N) is 3. The molecule has 3 aromatic rings. The van der Waals surface area contributed by atoms with Crippen LogP contribution in [0.1, 0.15) is 23.4 Å². The minimum atomic E-state index is 0.708. The third kappa shape index (κ3) is 2.41. The molecule has 0 saturated heterocycles. The molecular formula is C15H16N4OS. The summed E-state index contributed by atoms with van der Waals surface area (Å²) in [4.78, 5) is 11.5. The Labute approximate surface area is 126 Å². The molecule has 3 heterocycles. The van der Waals surface area contributed by atoms with Gasteiger partial charge in [-0.15, -0.1) is 11.3 Å². The average molecular weight is 300 g/mol. The topological polar surface area (TPSA) is 62.5 Å². The standard InChI is InChI=1S/C15H16N4OS/c1-10-9-17-14-13(16-2)18-12-8-11(6-4-3-5-7-20)21-15(12)19(10)14/h8-9,20H,3-4,6H2,1-2H3,(H,16,18). The van der Waals surface area contributed by atoms with Crippen molar-refractivity contribution < 1.29 is 5.11 Å².